The van der Waals surface area contributed by atoms with Gasteiger partial charge in [-0.3, -0.25) is 4.90 Å². The Balaban J connectivity index is 1.59. The molecule has 0 saturated carbocycles. The van der Waals surface area contributed by atoms with Crippen LogP contribution in [0, 0.1) is 0 Å². The maximum atomic E-state index is 3.67. The molecule has 1 heterocycles. The van der Waals surface area contributed by atoms with E-state index in [2.05, 4.69) is 48.3 Å². The van der Waals surface area contributed by atoms with Crippen molar-refractivity contribution in [3.8, 4) is 0 Å². The minimum absolute atomic E-state index is 0.607. The van der Waals surface area contributed by atoms with Crippen LogP contribution in [0.3, 0.4) is 0 Å². The highest BCUT2D eigenvalue weighted by Gasteiger charge is 2.31. The Morgan fingerprint density at radius 2 is 1.83 bits per heavy atom. The fraction of sp³-hybridized carbons (Fsp3) is 0.625. The van der Waals surface area contributed by atoms with Crippen molar-refractivity contribution in [1.29, 1.82) is 0 Å². The summed E-state index contributed by atoms with van der Waals surface area (Å²) >= 11 is 0. The first kappa shape index (κ1) is 12.2. The molecule has 98 valence electrons. The van der Waals surface area contributed by atoms with E-state index in [0.29, 0.717) is 12.1 Å². The van der Waals surface area contributed by atoms with Gasteiger partial charge in [0.15, 0.2) is 0 Å². The summed E-state index contributed by atoms with van der Waals surface area (Å²) in [5, 5.41) is 3.67. The molecule has 3 rings (SSSR count). The molecule has 18 heavy (non-hydrogen) atoms. The minimum atomic E-state index is 0.607. The molecular formula is C16H24N2. The number of nitrogens with one attached hydrogen (secondary N) is 1. The first-order valence-corrected chi connectivity index (χ1v) is 7.29. The van der Waals surface area contributed by atoms with Gasteiger partial charge in [0.1, 0.15) is 0 Å². The van der Waals surface area contributed by atoms with Crippen LogP contribution in [-0.4, -0.2) is 36.1 Å². The van der Waals surface area contributed by atoms with Crippen LogP contribution in [0.2, 0.25) is 0 Å². The lowest BCUT2D eigenvalue weighted by atomic mass is 10.1. The fourth-order valence-electron chi connectivity index (χ4n) is 3.52. The predicted octanol–water partition coefficient (Wildman–Crippen LogP) is 2.23. The maximum absolute atomic E-state index is 3.67. The molecule has 1 aliphatic heterocycles. The van der Waals surface area contributed by atoms with Crippen LogP contribution in [0.15, 0.2) is 24.3 Å². The zero-order chi connectivity index (χ0) is 12.5. The van der Waals surface area contributed by atoms with E-state index in [0.717, 1.165) is 6.04 Å². The van der Waals surface area contributed by atoms with Crippen LogP contribution >= 0.6 is 0 Å². The van der Waals surface area contributed by atoms with Gasteiger partial charge < -0.3 is 5.32 Å². The highest BCUT2D eigenvalue weighted by molar-refractivity contribution is 5.33. The van der Waals surface area contributed by atoms with E-state index >= 15 is 0 Å². The first-order chi connectivity index (χ1) is 8.72. The van der Waals surface area contributed by atoms with Gasteiger partial charge in [-0.05, 0) is 30.4 Å². The van der Waals surface area contributed by atoms with Crippen molar-refractivity contribution in [1.82, 2.24) is 10.2 Å². The van der Waals surface area contributed by atoms with Crippen LogP contribution in [0.4, 0.5) is 0 Å². The highest BCUT2D eigenvalue weighted by atomic mass is 15.2. The minimum Gasteiger partial charge on any atom is -0.310 e. The smallest absolute Gasteiger partial charge is 0.0209 e. The number of benzene rings is 1. The quantitative estimate of drug-likeness (QED) is 0.877. The summed E-state index contributed by atoms with van der Waals surface area (Å²) in [6.07, 6.45) is 3.82. The monoisotopic (exact) mass is 244 g/mol. The molecule has 1 saturated heterocycles. The van der Waals surface area contributed by atoms with E-state index in [-0.39, 0.29) is 0 Å². The topological polar surface area (TPSA) is 15.3 Å². The Hall–Kier alpha value is -0.860. The molecule has 0 bridgehead atoms. The van der Waals surface area contributed by atoms with Gasteiger partial charge in [0, 0.05) is 31.2 Å². The molecule has 1 atom stereocenters. The van der Waals surface area contributed by atoms with Crippen molar-refractivity contribution >= 4 is 0 Å². The third-order valence-corrected chi connectivity index (χ3v) is 4.33. The SMILES string of the molecule is CC(C)NC1CCN(C2Cc3ccccc3C2)C1. The average molecular weight is 244 g/mol. The van der Waals surface area contributed by atoms with E-state index in [1.165, 1.54) is 32.4 Å². The number of hydrogen-bond acceptors (Lipinski definition) is 2. The molecule has 1 fully saturated rings. The third kappa shape index (κ3) is 2.45. The van der Waals surface area contributed by atoms with Crippen LogP contribution in [-0.2, 0) is 12.8 Å². The second-order valence-corrected chi connectivity index (χ2v) is 6.13. The zero-order valence-corrected chi connectivity index (χ0v) is 11.5. The number of nitrogens with zero attached hydrogens (tertiary/aromatic N) is 1. The van der Waals surface area contributed by atoms with E-state index in [1.807, 2.05) is 0 Å². The molecule has 0 aromatic heterocycles. The Bertz CT molecular complexity index is 388. The summed E-state index contributed by atoms with van der Waals surface area (Å²) in [5.41, 5.74) is 3.14. The number of hydrogen-bond donors (Lipinski definition) is 1. The van der Waals surface area contributed by atoms with Gasteiger partial charge in [-0.2, -0.15) is 0 Å². The lowest BCUT2D eigenvalue weighted by molar-refractivity contribution is 0.242. The summed E-state index contributed by atoms with van der Waals surface area (Å²) in [6, 6.07) is 11.0. The summed E-state index contributed by atoms with van der Waals surface area (Å²) in [4.78, 5) is 2.69. The summed E-state index contributed by atoms with van der Waals surface area (Å²) in [6.45, 7) is 6.99. The van der Waals surface area contributed by atoms with Gasteiger partial charge in [-0.1, -0.05) is 38.1 Å². The van der Waals surface area contributed by atoms with Gasteiger partial charge in [0.05, 0.1) is 0 Å². The molecule has 0 radical (unpaired) electrons. The second-order valence-electron chi connectivity index (χ2n) is 6.13. The molecule has 2 nitrogen and oxygen atoms in total. The van der Waals surface area contributed by atoms with Crippen molar-refractivity contribution < 1.29 is 0 Å². The molecule has 1 unspecified atom stereocenters. The molecule has 0 spiro atoms. The Morgan fingerprint density at radius 3 is 2.44 bits per heavy atom. The van der Waals surface area contributed by atoms with Gasteiger partial charge in [0.2, 0.25) is 0 Å². The largest absolute Gasteiger partial charge is 0.310 e. The molecule has 2 aliphatic rings. The molecule has 1 N–H and O–H groups in total. The van der Waals surface area contributed by atoms with Crippen molar-refractivity contribution in [2.24, 2.45) is 0 Å². The predicted molar refractivity (Wildman–Crippen MR) is 75.9 cm³/mol. The van der Waals surface area contributed by atoms with Crippen molar-refractivity contribution in [2.45, 2.75) is 51.2 Å². The van der Waals surface area contributed by atoms with Crippen LogP contribution < -0.4 is 5.32 Å². The average Bonchev–Trinajstić information content (AvgIpc) is 2.93. The maximum Gasteiger partial charge on any atom is 0.0209 e. The van der Waals surface area contributed by atoms with E-state index in [4.69, 9.17) is 0 Å². The Kier molecular flexibility index (Phi) is 3.40. The Labute approximate surface area is 110 Å². The van der Waals surface area contributed by atoms with Crippen LogP contribution in [0.25, 0.3) is 0 Å². The van der Waals surface area contributed by atoms with Crippen molar-refractivity contribution in [3.05, 3.63) is 35.4 Å². The normalized spacial score (nSPS) is 24.9. The Morgan fingerprint density at radius 1 is 1.17 bits per heavy atom. The molecule has 0 amide bonds. The second kappa shape index (κ2) is 5.02. The molecule has 1 aromatic rings. The standard InChI is InChI=1S/C16H24N2/c1-12(2)17-15-7-8-18(11-15)16-9-13-5-3-4-6-14(13)10-16/h3-6,12,15-17H,7-11H2,1-2H3. The molecule has 1 aliphatic carbocycles. The van der Waals surface area contributed by atoms with Gasteiger partial charge in [0.25, 0.3) is 0 Å². The molecule has 1 aromatic carbocycles. The summed E-state index contributed by atoms with van der Waals surface area (Å²) in [7, 11) is 0. The number of fused-ring (bicyclic) bond motifs is 1. The lowest BCUT2D eigenvalue weighted by Gasteiger charge is -2.24. The number of rotatable bonds is 3. The summed E-state index contributed by atoms with van der Waals surface area (Å²) < 4.78 is 0. The number of likely N-dealkylation sites (tertiary alicyclic amines) is 1. The van der Waals surface area contributed by atoms with Crippen LogP contribution in [0.1, 0.15) is 31.4 Å². The zero-order valence-electron chi connectivity index (χ0n) is 11.5. The molecular weight excluding hydrogens is 220 g/mol. The third-order valence-electron chi connectivity index (χ3n) is 4.33. The van der Waals surface area contributed by atoms with E-state index < -0.39 is 0 Å². The molecule has 2 heteroatoms. The lowest BCUT2D eigenvalue weighted by Crippen LogP contribution is -2.40. The highest BCUT2D eigenvalue weighted by Crippen LogP contribution is 2.27. The fourth-order valence-corrected chi connectivity index (χ4v) is 3.52. The summed E-state index contributed by atoms with van der Waals surface area (Å²) in [5.74, 6) is 0. The van der Waals surface area contributed by atoms with Gasteiger partial charge >= 0.3 is 0 Å². The van der Waals surface area contributed by atoms with Crippen molar-refractivity contribution in [3.63, 3.8) is 0 Å². The van der Waals surface area contributed by atoms with Gasteiger partial charge in [-0.15, -0.1) is 0 Å². The van der Waals surface area contributed by atoms with Crippen LogP contribution in [0.5, 0.6) is 0 Å². The first-order valence-electron chi connectivity index (χ1n) is 7.29. The van der Waals surface area contributed by atoms with Crippen molar-refractivity contribution in [2.75, 3.05) is 13.1 Å². The van der Waals surface area contributed by atoms with E-state index in [9.17, 15) is 0 Å². The van der Waals surface area contributed by atoms with Gasteiger partial charge in [-0.25, -0.2) is 0 Å². The van der Waals surface area contributed by atoms with E-state index in [1.54, 1.807) is 11.1 Å².